The van der Waals surface area contributed by atoms with E-state index in [0.29, 0.717) is 17.1 Å². The summed E-state index contributed by atoms with van der Waals surface area (Å²) in [6, 6.07) is 11.0. The Kier molecular flexibility index (Phi) is 8.40. The minimum atomic E-state index is 0.0813. The molecule has 1 aliphatic carbocycles. The van der Waals surface area contributed by atoms with Crippen LogP contribution in [0.25, 0.3) is 0 Å². The van der Waals surface area contributed by atoms with Gasteiger partial charge in [-0.3, -0.25) is 0 Å². The third kappa shape index (κ3) is 6.31. The van der Waals surface area contributed by atoms with Gasteiger partial charge in [0.15, 0.2) is 5.11 Å². The van der Waals surface area contributed by atoms with Crippen LogP contribution in [-0.4, -0.2) is 47.3 Å². The molecule has 0 bridgehead atoms. The van der Waals surface area contributed by atoms with E-state index in [0.717, 1.165) is 61.6 Å². The molecule has 200 valence electrons. The number of piperidine rings is 2. The molecule has 3 fully saturated rings. The fourth-order valence-corrected chi connectivity index (χ4v) is 6.57. The van der Waals surface area contributed by atoms with Gasteiger partial charge in [-0.25, -0.2) is 0 Å². The third-order valence-corrected chi connectivity index (χ3v) is 9.23. The maximum atomic E-state index is 6.17. The van der Waals surface area contributed by atoms with E-state index in [1.54, 1.807) is 0 Å². The van der Waals surface area contributed by atoms with Crippen LogP contribution in [0.4, 0.5) is 17.6 Å². The summed E-state index contributed by atoms with van der Waals surface area (Å²) in [5.41, 5.74) is 1.42. The summed E-state index contributed by atoms with van der Waals surface area (Å²) in [6.45, 7) is 8.56. The Morgan fingerprint density at radius 2 is 1.68 bits per heavy atom. The van der Waals surface area contributed by atoms with Crippen molar-refractivity contribution in [3.63, 3.8) is 0 Å². The zero-order valence-corrected chi connectivity index (χ0v) is 23.9. The van der Waals surface area contributed by atoms with Gasteiger partial charge in [-0.2, -0.15) is 9.97 Å². The molecule has 1 saturated carbocycles. The lowest BCUT2D eigenvalue weighted by molar-refractivity contribution is 0.435. The summed E-state index contributed by atoms with van der Waals surface area (Å²) in [4.78, 5) is 14.8. The van der Waals surface area contributed by atoms with E-state index >= 15 is 0 Å². The van der Waals surface area contributed by atoms with Crippen LogP contribution in [-0.2, 0) is 5.41 Å². The van der Waals surface area contributed by atoms with Crippen LogP contribution in [0.1, 0.15) is 77.2 Å². The molecule has 0 amide bonds. The zero-order valence-electron chi connectivity index (χ0n) is 22.3. The summed E-state index contributed by atoms with van der Waals surface area (Å²) in [7, 11) is 0. The molecule has 37 heavy (non-hydrogen) atoms. The molecule has 0 radical (unpaired) electrons. The zero-order chi connectivity index (χ0) is 25.8. The molecule has 5 rings (SSSR count). The molecule has 0 spiro atoms. The molecule has 2 saturated heterocycles. The SMILES string of the molecule is CC1CCN(c2cc(N3CCCCC3C)nc(NC(=S)NCC3(c4ccc(Cl)cc4)CCCC3)n2)CC1. The predicted molar refractivity (Wildman–Crippen MR) is 159 cm³/mol. The summed E-state index contributed by atoms with van der Waals surface area (Å²) < 4.78 is 0. The molecule has 3 heterocycles. The number of halogens is 1. The highest BCUT2D eigenvalue weighted by Crippen LogP contribution is 2.41. The van der Waals surface area contributed by atoms with Crippen molar-refractivity contribution in [3.05, 3.63) is 40.9 Å². The van der Waals surface area contributed by atoms with E-state index in [-0.39, 0.29) is 5.41 Å². The van der Waals surface area contributed by atoms with Gasteiger partial charge in [0.05, 0.1) is 0 Å². The largest absolute Gasteiger partial charge is 0.361 e. The Morgan fingerprint density at radius 3 is 2.38 bits per heavy atom. The second kappa shape index (κ2) is 11.7. The van der Waals surface area contributed by atoms with E-state index in [1.165, 1.54) is 50.5 Å². The van der Waals surface area contributed by atoms with Gasteiger partial charge in [0.25, 0.3) is 0 Å². The fourth-order valence-electron chi connectivity index (χ4n) is 6.28. The number of nitrogens with one attached hydrogen (secondary N) is 2. The summed E-state index contributed by atoms with van der Waals surface area (Å²) >= 11 is 11.9. The number of hydrogen-bond acceptors (Lipinski definition) is 5. The van der Waals surface area contributed by atoms with Crippen LogP contribution >= 0.6 is 23.8 Å². The van der Waals surface area contributed by atoms with Crippen LogP contribution in [0.2, 0.25) is 5.02 Å². The Hall–Kier alpha value is -2.12. The minimum Gasteiger partial charge on any atom is -0.361 e. The van der Waals surface area contributed by atoms with Crippen molar-refractivity contribution in [2.24, 2.45) is 5.92 Å². The second-order valence-electron chi connectivity index (χ2n) is 11.4. The lowest BCUT2D eigenvalue weighted by Gasteiger charge is -2.36. The number of rotatable bonds is 6. The highest BCUT2D eigenvalue weighted by Gasteiger charge is 2.35. The molecule has 3 aliphatic rings. The summed E-state index contributed by atoms with van der Waals surface area (Å²) in [5, 5.41) is 8.23. The molecule has 2 N–H and O–H groups in total. The van der Waals surface area contributed by atoms with Crippen molar-refractivity contribution < 1.29 is 0 Å². The Balaban J connectivity index is 1.32. The van der Waals surface area contributed by atoms with Gasteiger partial charge >= 0.3 is 0 Å². The quantitative estimate of drug-likeness (QED) is 0.403. The lowest BCUT2D eigenvalue weighted by Crippen LogP contribution is -2.41. The van der Waals surface area contributed by atoms with Crippen LogP contribution in [0.5, 0.6) is 0 Å². The first-order valence-electron chi connectivity index (χ1n) is 14.1. The predicted octanol–water partition coefficient (Wildman–Crippen LogP) is 6.54. The van der Waals surface area contributed by atoms with Crippen LogP contribution in [0, 0.1) is 5.92 Å². The first-order valence-corrected chi connectivity index (χ1v) is 14.9. The Morgan fingerprint density at radius 1 is 0.973 bits per heavy atom. The fraction of sp³-hybridized carbons (Fsp3) is 0.621. The molecule has 1 atom stereocenters. The van der Waals surface area contributed by atoms with Crippen LogP contribution in [0.3, 0.4) is 0 Å². The van der Waals surface area contributed by atoms with E-state index in [2.05, 4.69) is 52.5 Å². The molecule has 1 aromatic heterocycles. The smallest absolute Gasteiger partial charge is 0.232 e. The van der Waals surface area contributed by atoms with Crippen molar-refractivity contribution in [3.8, 4) is 0 Å². The van der Waals surface area contributed by atoms with Gasteiger partial charge in [-0.15, -0.1) is 0 Å². The Bertz CT molecular complexity index is 1060. The van der Waals surface area contributed by atoms with Crippen molar-refractivity contribution in [1.82, 2.24) is 15.3 Å². The molecule has 1 unspecified atom stereocenters. The number of thiocarbonyl (C=S) groups is 1. The monoisotopic (exact) mass is 540 g/mol. The lowest BCUT2D eigenvalue weighted by atomic mass is 9.79. The van der Waals surface area contributed by atoms with E-state index in [4.69, 9.17) is 33.8 Å². The van der Waals surface area contributed by atoms with E-state index in [9.17, 15) is 0 Å². The average Bonchev–Trinajstić information content (AvgIpc) is 3.39. The van der Waals surface area contributed by atoms with Crippen molar-refractivity contribution in [2.75, 3.05) is 41.3 Å². The maximum Gasteiger partial charge on any atom is 0.232 e. The molecule has 2 aromatic rings. The highest BCUT2D eigenvalue weighted by molar-refractivity contribution is 7.80. The van der Waals surface area contributed by atoms with Gasteiger partial charge in [0, 0.05) is 48.7 Å². The summed E-state index contributed by atoms with van der Waals surface area (Å²) in [6.07, 6.45) is 10.9. The molecular weight excluding hydrogens is 500 g/mol. The van der Waals surface area contributed by atoms with Gasteiger partial charge in [0.2, 0.25) is 5.95 Å². The molecule has 6 nitrogen and oxygen atoms in total. The Labute approximate surface area is 232 Å². The van der Waals surface area contributed by atoms with Gasteiger partial charge < -0.3 is 20.4 Å². The van der Waals surface area contributed by atoms with E-state index < -0.39 is 0 Å². The van der Waals surface area contributed by atoms with Gasteiger partial charge in [-0.05, 0) is 87.7 Å². The first-order chi connectivity index (χ1) is 17.9. The number of anilines is 3. The topological polar surface area (TPSA) is 56.3 Å². The normalized spacial score (nSPS) is 22.2. The first kappa shape index (κ1) is 26.5. The number of nitrogens with zero attached hydrogens (tertiary/aromatic N) is 4. The standard InChI is InChI=1S/C29H41ClN6S/c1-21-12-17-35(18-13-21)25-19-26(36-16-6-3-7-22(36)2)33-27(32-25)34-28(37)31-20-29(14-4-5-15-29)23-8-10-24(30)11-9-23/h8-11,19,21-22H,3-7,12-18,20H2,1-2H3,(H2,31,32,33,34,37). The summed E-state index contributed by atoms with van der Waals surface area (Å²) in [5.74, 6) is 3.38. The van der Waals surface area contributed by atoms with Crippen LogP contribution < -0.4 is 20.4 Å². The van der Waals surface area contributed by atoms with Crippen LogP contribution in [0.15, 0.2) is 30.3 Å². The highest BCUT2D eigenvalue weighted by atomic mass is 35.5. The molecule has 2 aliphatic heterocycles. The third-order valence-electron chi connectivity index (χ3n) is 8.73. The average molecular weight is 541 g/mol. The molecular formula is C29H41ClN6S. The molecule has 1 aromatic carbocycles. The second-order valence-corrected chi connectivity index (χ2v) is 12.3. The van der Waals surface area contributed by atoms with Crippen molar-refractivity contribution in [1.29, 1.82) is 0 Å². The van der Waals surface area contributed by atoms with Crippen molar-refractivity contribution >= 4 is 46.5 Å². The van der Waals surface area contributed by atoms with E-state index in [1.807, 2.05) is 12.1 Å². The number of aromatic nitrogens is 2. The van der Waals surface area contributed by atoms with Crippen molar-refractivity contribution in [2.45, 2.75) is 83.1 Å². The molecule has 8 heteroatoms. The number of hydrogen-bond donors (Lipinski definition) is 2. The van der Waals surface area contributed by atoms with Gasteiger partial charge in [0.1, 0.15) is 11.6 Å². The maximum absolute atomic E-state index is 6.17. The minimum absolute atomic E-state index is 0.0813. The number of benzene rings is 1. The van der Waals surface area contributed by atoms with Gasteiger partial charge in [-0.1, -0.05) is 43.5 Å².